The summed E-state index contributed by atoms with van der Waals surface area (Å²) in [6.45, 7) is 4.87. The van der Waals surface area contributed by atoms with Crippen molar-refractivity contribution in [3.63, 3.8) is 0 Å². The van der Waals surface area contributed by atoms with Crippen LogP contribution in [0.2, 0.25) is 5.15 Å². The third-order valence-corrected chi connectivity index (χ3v) is 5.18. The summed E-state index contributed by atoms with van der Waals surface area (Å²) >= 11 is 6.02. The average molecular weight is 393 g/mol. The molecule has 2 aromatic carbocycles. The van der Waals surface area contributed by atoms with E-state index in [2.05, 4.69) is 63.5 Å². The van der Waals surface area contributed by atoms with Crippen molar-refractivity contribution in [2.75, 3.05) is 10.6 Å². The molecule has 0 unspecified atom stereocenters. The SMILES string of the molecule is CCn1c2ccccc2c2cc(N[C@@H](C)C(=O)Nc3cccnc3Cl)ccc21. The number of aromatic nitrogens is 2. The number of carbonyl (C=O) groups is 1. The zero-order chi connectivity index (χ0) is 19.7. The monoisotopic (exact) mass is 392 g/mol. The standard InChI is InChI=1S/C22H21ClN4O/c1-3-27-19-9-5-4-7-16(19)17-13-15(10-11-20(17)27)25-14(2)22(28)26-18-8-6-12-24-21(18)23/h4-14,25H,3H2,1-2H3,(H,26,28)/t14-/m0/s1. The Morgan fingerprint density at radius 2 is 1.89 bits per heavy atom. The summed E-state index contributed by atoms with van der Waals surface area (Å²) in [5.74, 6) is -0.175. The summed E-state index contributed by atoms with van der Waals surface area (Å²) in [6.07, 6.45) is 1.58. The maximum atomic E-state index is 12.5. The molecule has 6 heteroatoms. The van der Waals surface area contributed by atoms with E-state index in [4.69, 9.17) is 11.6 Å². The van der Waals surface area contributed by atoms with Gasteiger partial charge in [0, 0.05) is 40.2 Å². The summed E-state index contributed by atoms with van der Waals surface area (Å²) in [5.41, 5.74) is 3.80. The van der Waals surface area contributed by atoms with Crippen molar-refractivity contribution < 1.29 is 4.79 Å². The largest absolute Gasteiger partial charge is 0.374 e. The van der Waals surface area contributed by atoms with Crippen LogP contribution in [-0.4, -0.2) is 21.5 Å². The van der Waals surface area contributed by atoms with Crippen molar-refractivity contribution in [2.24, 2.45) is 0 Å². The van der Waals surface area contributed by atoms with E-state index in [1.165, 1.54) is 21.8 Å². The lowest BCUT2D eigenvalue weighted by atomic mass is 10.1. The Kier molecular flexibility index (Phi) is 4.92. The Bertz CT molecular complexity index is 1170. The van der Waals surface area contributed by atoms with E-state index in [1.54, 1.807) is 18.3 Å². The van der Waals surface area contributed by atoms with E-state index >= 15 is 0 Å². The molecule has 0 saturated carbocycles. The quantitative estimate of drug-likeness (QED) is 0.453. The lowest BCUT2D eigenvalue weighted by Crippen LogP contribution is -2.32. The molecular weight excluding hydrogens is 372 g/mol. The summed E-state index contributed by atoms with van der Waals surface area (Å²) < 4.78 is 2.30. The molecule has 1 atom stereocenters. The van der Waals surface area contributed by atoms with E-state index in [0.717, 1.165) is 12.2 Å². The fourth-order valence-electron chi connectivity index (χ4n) is 3.52. The number of para-hydroxylation sites is 1. The molecule has 0 aliphatic heterocycles. The van der Waals surface area contributed by atoms with Crippen LogP contribution in [0.1, 0.15) is 13.8 Å². The first-order valence-corrected chi connectivity index (χ1v) is 9.65. The van der Waals surface area contributed by atoms with Gasteiger partial charge in [-0.3, -0.25) is 4.79 Å². The maximum Gasteiger partial charge on any atom is 0.246 e. The highest BCUT2D eigenvalue weighted by molar-refractivity contribution is 6.32. The number of pyridine rings is 1. The number of nitrogens with zero attached hydrogens (tertiary/aromatic N) is 2. The summed E-state index contributed by atoms with van der Waals surface area (Å²) in [5, 5.41) is 8.75. The van der Waals surface area contributed by atoms with Crippen LogP contribution in [0.5, 0.6) is 0 Å². The van der Waals surface area contributed by atoms with Crippen molar-refractivity contribution in [2.45, 2.75) is 26.4 Å². The molecule has 142 valence electrons. The van der Waals surface area contributed by atoms with Gasteiger partial charge in [-0.15, -0.1) is 0 Å². The fourth-order valence-corrected chi connectivity index (χ4v) is 3.69. The molecule has 1 amide bonds. The Labute approximate surface area is 168 Å². The Morgan fingerprint density at radius 1 is 1.11 bits per heavy atom. The second-order valence-corrected chi connectivity index (χ2v) is 7.05. The number of aryl methyl sites for hydroxylation is 1. The van der Waals surface area contributed by atoms with E-state index in [1.807, 2.05) is 13.0 Å². The molecular formula is C22H21ClN4O. The highest BCUT2D eigenvalue weighted by Gasteiger charge is 2.16. The zero-order valence-corrected chi connectivity index (χ0v) is 16.5. The van der Waals surface area contributed by atoms with Crippen LogP contribution < -0.4 is 10.6 Å². The molecule has 4 aromatic rings. The molecule has 0 bridgehead atoms. The number of fused-ring (bicyclic) bond motifs is 3. The Morgan fingerprint density at radius 3 is 2.68 bits per heavy atom. The highest BCUT2D eigenvalue weighted by Crippen LogP contribution is 2.31. The molecule has 0 fully saturated rings. The van der Waals surface area contributed by atoms with Crippen LogP contribution in [0.25, 0.3) is 21.8 Å². The molecule has 2 N–H and O–H groups in total. The Balaban J connectivity index is 1.60. The summed E-state index contributed by atoms with van der Waals surface area (Å²) in [6, 6.07) is 17.6. The van der Waals surface area contributed by atoms with Gasteiger partial charge in [-0.05, 0) is 50.2 Å². The predicted molar refractivity (Wildman–Crippen MR) is 116 cm³/mol. The van der Waals surface area contributed by atoms with Crippen molar-refractivity contribution in [3.05, 3.63) is 65.9 Å². The summed E-state index contributed by atoms with van der Waals surface area (Å²) in [4.78, 5) is 16.5. The van der Waals surface area contributed by atoms with E-state index in [9.17, 15) is 4.79 Å². The smallest absolute Gasteiger partial charge is 0.246 e. The van der Waals surface area contributed by atoms with Gasteiger partial charge in [0.25, 0.3) is 0 Å². The third kappa shape index (κ3) is 3.29. The van der Waals surface area contributed by atoms with Crippen LogP contribution in [0.15, 0.2) is 60.8 Å². The second kappa shape index (κ2) is 7.52. The Hall–Kier alpha value is -3.05. The topological polar surface area (TPSA) is 59.0 Å². The van der Waals surface area contributed by atoms with Crippen molar-refractivity contribution in [1.82, 2.24) is 9.55 Å². The number of halogens is 1. The lowest BCUT2D eigenvalue weighted by Gasteiger charge is -2.16. The van der Waals surface area contributed by atoms with Gasteiger partial charge in [0.05, 0.1) is 5.69 Å². The highest BCUT2D eigenvalue weighted by atomic mass is 35.5. The van der Waals surface area contributed by atoms with Crippen LogP contribution in [0.4, 0.5) is 11.4 Å². The van der Waals surface area contributed by atoms with Gasteiger partial charge in [0.1, 0.15) is 6.04 Å². The number of amides is 1. The molecule has 28 heavy (non-hydrogen) atoms. The molecule has 0 aliphatic carbocycles. The van der Waals surface area contributed by atoms with Gasteiger partial charge in [0.2, 0.25) is 5.91 Å². The van der Waals surface area contributed by atoms with Crippen molar-refractivity contribution in [1.29, 1.82) is 0 Å². The first-order valence-electron chi connectivity index (χ1n) is 9.27. The lowest BCUT2D eigenvalue weighted by molar-refractivity contribution is -0.116. The minimum absolute atomic E-state index is 0.175. The van der Waals surface area contributed by atoms with Gasteiger partial charge in [-0.25, -0.2) is 4.98 Å². The molecule has 2 heterocycles. The number of rotatable bonds is 5. The minimum atomic E-state index is -0.437. The van der Waals surface area contributed by atoms with Gasteiger partial charge < -0.3 is 15.2 Å². The van der Waals surface area contributed by atoms with Crippen molar-refractivity contribution >= 4 is 50.7 Å². The number of hydrogen-bond acceptors (Lipinski definition) is 3. The van der Waals surface area contributed by atoms with Gasteiger partial charge in [0.15, 0.2) is 5.15 Å². The number of carbonyl (C=O) groups excluding carboxylic acids is 1. The van der Waals surface area contributed by atoms with Crippen LogP contribution in [-0.2, 0) is 11.3 Å². The minimum Gasteiger partial charge on any atom is -0.374 e. The number of nitrogens with one attached hydrogen (secondary N) is 2. The van der Waals surface area contributed by atoms with Gasteiger partial charge in [-0.1, -0.05) is 29.8 Å². The number of anilines is 2. The van der Waals surface area contributed by atoms with Crippen LogP contribution in [0, 0.1) is 0 Å². The van der Waals surface area contributed by atoms with Crippen molar-refractivity contribution in [3.8, 4) is 0 Å². The molecule has 2 aromatic heterocycles. The first-order chi connectivity index (χ1) is 13.6. The average Bonchev–Trinajstić information content (AvgIpc) is 3.02. The van der Waals surface area contributed by atoms with E-state index in [-0.39, 0.29) is 11.1 Å². The first kappa shape index (κ1) is 18.3. The van der Waals surface area contributed by atoms with Crippen LogP contribution >= 0.6 is 11.6 Å². The van der Waals surface area contributed by atoms with E-state index < -0.39 is 6.04 Å². The normalized spacial score (nSPS) is 12.2. The van der Waals surface area contributed by atoms with Gasteiger partial charge >= 0.3 is 0 Å². The molecule has 0 spiro atoms. The third-order valence-electron chi connectivity index (χ3n) is 4.88. The summed E-state index contributed by atoms with van der Waals surface area (Å²) in [7, 11) is 0. The fraction of sp³-hybridized carbons (Fsp3) is 0.182. The number of benzene rings is 2. The molecule has 0 saturated heterocycles. The maximum absolute atomic E-state index is 12.5. The predicted octanol–water partition coefficient (Wildman–Crippen LogP) is 5.30. The second-order valence-electron chi connectivity index (χ2n) is 6.69. The molecule has 0 aliphatic rings. The molecule has 5 nitrogen and oxygen atoms in total. The van der Waals surface area contributed by atoms with Gasteiger partial charge in [-0.2, -0.15) is 0 Å². The zero-order valence-electron chi connectivity index (χ0n) is 15.7. The molecule has 4 rings (SSSR count). The van der Waals surface area contributed by atoms with Crippen LogP contribution in [0.3, 0.4) is 0 Å². The number of hydrogen-bond donors (Lipinski definition) is 2. The van der Waals surface area contributed by atoms with E-state index in [0.29, 0.717) is 5.69 Å². The molecule has 0 radical (unpaired) electrons.